The molecule has 0 bridgehead atoms. The SMILES string of the molecule is COc1c(NC(=O)c2ccc(N3CCNCC3)c3cn(C)nc23)cc2cc(C)[nH]c2c1F.Cl. The van der Waals surface area contributed by atoms with Gasteiger partial charge in [0.15, 0.2) is 11.6 Å². The average molecular weight is 473 g/mol. The van der Waals surface area contributed by atoms with Crippen LogP contribution in [0.4, 0.5) is 15.8 Å². The number of carbonyl (C=O) groups excluding carboxylic acids is 1. The van der Waals surface area contributed by atoms with Gasteiger partial charge in [0.25, 0.3) is 5.91 Å². The molecule has 1 aliphatic heterocycles. The maximum atomic E-state index is 15.0. The summed E-state index contributed by atoms with van der Waals surface area (Å²) >= 11 is 0. The third kappa shape index (κ3) is 3.98. The fraction of sp³-hybridized carbons (Fsp3) is 0.304. The zero-order chi connectivity index (χ0) is 22.4. The van der Waals surface area contributed by atoms with Gasteiger partial charge < -0.3 is 25.3 Å². The van der Waals surface area contributed by atoms with E-state index in [4.69, 9.17) is 4.74 Å². The Bertz CT molecular complexity index is 1340. The number of aryl methyl sites for hydroxylation is 2. The van der Waals surface area contributed by atoms with Crippen LogP contribution in [0.2, 0.25) is 0 Å². The van der Waals surface area contributed by atoms with E-state index in [9.17, 15) is 9.18 Å². The van der Waals surface area contributed by atoms with Gasteiger partial charge in [-0.15, -0.1) is 12.4 Å². The van der Waals surface area contributed by atoms with Crippen molar-refractivity contribution in [1.29, 1.82) is 0 Å². The molecule has 3 heterocycles. The lowest BCUT2D eigenvalue weighted by Crippen LogP contribution is -2.43. The van der Waals surface area contributed by atoms with Crippen molar-refractivity contribution in [2.75, 3.05) is 43.5 Å². The zero-order valence-corrected chi connectivity index (χ0v) is 19.5. The molecule has 1 saturated heterocycles. The molecular weight excluding hydrogens is 447 g/mol. The van der Waals surface area contributed by atoms with Crippen LogP contribution in [-0.2, 0) is 7.05 Å². The second-order valence-electron chi connectivity index (χ2n) is 8.08. The first-order valence-electron chi connectivity index (χ1n) is 10.6. The fourth-order valence-corrected chi connectivity index (χ4v) is 4.41. The predicted octanol–water partition coefficient (Wildman–Crippen LogP) is 3.59. The lowest BCUT2D eigenvalue weighted by molar-refractivity contribution is 0.102. The molecule has 1 amide bonds. The van der Waals surface area contributed by atoms with E-state index in [1.807, 2.05) is 32.3 Å². The quantitative estimate of drug-likeness (QED) is 0.422. The molecule has 10 heteroatoms. The van der Waals surface area contributed by atoms with Crippen molar-refractivity contribution in [3.05, 3.63) is 47.5 Å². The first-order valence-corrected chi connectivity index (χ1v) is 10.6. The van der Waals surface area contributed by atoms with Gasteiger partial charge in [0.2, 0.25) is 0 Å². The molecular formula is C23H26ClFN6O2. The Labute approximate surface area is 196 Å². The Morgan fingerprint density at radius 1 is 1.24 bits per heavy atom. The van der Waals surface area contributed by atoms with Crippen LogP contribution in [0.25, 0.3) is 21.8 Å². The molecule has 5 rings (SSSR count). The molecule has 0 radical (unpaired) electrons. The zero-order valence-electron chi connectivity index (χ0n) is 18.7. The molecule has 0 spiro atoms. The molecule has 8 nitrogen and oxygen atoms in total. The fourth-order valence-electron chi connectivity index (χ4n) is 4.41. The number of hydrogen-bond donors (Lipinski definition) is 3. The van der Waals surface area contributed by atoms with Crippen molar-refractivity contribution in [2.24, 2.45) is 7.05 Å². The summed E-state index contributed by atoms with van der Waals surface area (Å²) in [7, 11) is 3.22. The molecule has 33 heavy (non-hydrogen) atoms. The number of halogens is 2. The van der Waals surface area contributed by atoms with Crippen LogP contribution in [0.15, 0.2) is 30.5 Å². The lowest BCUT2D eigenvalue weighted by atomic mass is 10.1. The molecule has 1 fully saturated rings. The largest absolute Gasteiger partial charge is 0.492 e. The summed E-state index contributed by atoms with van der Waals surface area (Å²) < 4.78 is 22.0. The van der Waals surface area contributed by atoms with Crippen LogP contribution in [0.5, 0.6) is 5.75 Å². The number of carbonyl (C=O) groups is 1. The van der Waals surface area contributed by atoms with E-state index in [2.05, 4.69) is 25.6 Å². The van der Waals surface area contributed by atoms with E-state index in [1.54, 1.807) is 16.8 Å². The number of nitrogens with zero attached hydrogens (tertiary/aromatic N) is 3. The van der Waals surface area contributed by atoms with Crippen molar-refractivity contribution in [3.63, 3.8) is 0 Å². The molecule has 0 unspecified atom stereocenters. The van der Waals surface area contributed by atoms with E-state index in [1.165, 1.54) is 7.11 Å². The number of anilines is 2. The smallest absolute Gasteiger partial charge is 0.258 e. The normalized spacial score (nSPS) is 13.9. The summed E-state index contributed by atoms with van der Waals surface area (Å²) in [6.07, 6.45) is 1.93. The maximum absolute atomic E-state index is 15.0. The highest BCUT2D eigenvalue weighted by atomic mass is 35.5. The van der Waals surface area contributed by atoms with Crippen molar-refractivity contribution in [1.82, 2.24) is 20.1 Å². The highest BCUT2D eigenvalue weighted by molar-refractivity contribution is 6.14. The highest BCUT2D eigenvalue weighted by Crippen LogP contribution is 2.36. The number of aromatic amines is 1. The van der Waals surface area contributed by atoms with Crippen molar-refractivity contribution in [2.45, 2.75) is 6.92 Å². The number of amides is 1. The molecule has 174 valence electrons. The number of rotatable bonds is 4. The number of H-pyrrole nitrogens is 1. The molecule has 1 aliphatic rings. The molecule has 0 aliphatic carbocycles. The Balaban J connectivity index is 0.00000259. The van der Waals surface area contributed by atoms with Crippen LogP contribution >= 0.6 is 12.4 Å². The third-order valence-corrected chi connectivity index (χ3v) is 5.87. The number of piperazine rings is 1. The molecule has 2 aromatic heterocycles. The van der Waals surface area contributed by atoms with Gasteiger partial charge in [-0.05, 0) is 31.2 Å². The van der Waals surface area contributed by atoms with Crippen LogP contribution in [-0.4, -0.2) is 54.0 Å². The highest BCUT2D eigenvalue weighted by Gasteiger charge is 2.22. The summed E-state index contributed by atoms with van der Waals surface area (Å²) in [5.41, 5.74) is 3.54. The van der Waals surface area contributed by atoms with E-state index in [0.717, 1.165) is 42.9 Å². The lowest BCUT2D eigenvalue weighted by Gasteiger charge is -2.30. The molecule has 0 atom stereocenters. The van der Waals surface area contributed by atoms with Gasteiger partial charge in [0.1, 0.15) is 5.52 Å². The minimum atomic E-state index is -0.537. The Morgan fingerprint density at radius 3 is 2.73 bits per heavy atom. The number of hydrogen-bond acceptors (Lipinski definition) is 5. The topological polar surface area (TPSA) is 87.2 Å². The minimum Gasteiger partial charge on any atom is -0.492 e. The summed E-state index contributed by atoms with van der Waals surface area (Å²) in [5.74, 6) is -0.919. The molecule has 4 aromatic rings. The monoisotopic (exact) mass is 472 g/mol. The second kappa shape index (κ2) is 8.92. The number of ether oxygens (including phenoxy) is 1. The second-order valence-corrected chi connectivity index (χ2v) is 8.08. The van der Waals surface area contributed by atoms with E-state index >= 15 is 0 Å². The Hall–Kier alpha value is -3.30. The standard InChI is InChI=1S/C23H25FN6O2.ClH/c1-13-10-14-11-17(22(32-3)19(24)20(14)26-13)27-23(31)15-4-5-18(30-8-6-25-7-9-30)16-12-29(2)28-21(15)16;/h4-5,10-12,25-26H,6-9H2,1-3H3,(H,27,31);1H. The van der Waals surface area contributed by atoms with E-state index < -0.39 is 5.82 Å². The predicted molar refractivity (Wildman–Crippen MR) is 131 cm³/mol. The molecule has 3 N–H and O–H groups in total. The van der Waals surface area contributed by atoms with Gasteiger partial charge >= 0.3 is 0 Å². The van der Waals surface area contributed by atoms with Gasteiger partial charge in [-0.25, -0.2) is 4.39 Å². The van der Waals surface area contributed by atoms with Gasteiger partial charge in [-0.3, -0.25) is 9.48 Å². The molecule has 2 aromatic carbocycles. The van der Waals surface area contributed by atoms with Crippen molar-refractivity contribution < 1.29 is 13.9 Å². The number of fused-ring (bicyclic) bond motifs is 2. The first kappa shape index (κ1) is 22.9. The number of benzene rings is 2. The molecule has 0 saturated carbocycles. The average Bonchev–Trinajstić information content (AvgIpc) is 3.35. The summed E-state index contributed by atoms with van der Waals surface area (Å²) in [5, 5.41) is 12.3. The van der Waals surface area contributed by atoms with Crippen molar-refractivity contribution >= 4 is 51.5 Å². The van der Waals surface area contributed by atoms with Crippen LogP contribution in [0.1, 0.15) is 16.1 Å². The summed E-state index contributed by atoms with van der Waals surface area (Å²) in [6, 6.07) is 7.28. The van der Waals surface area contributed by atoms with E-state index in [0.29, 0.717) is 22.0 Å². The van der Waals surface area contributed by atoms with Crippen LogP contribution < -0.4 is 20.3 Å². The summed E-state index contributed by atoms with van der Waals surface area (Å²) in [4.78, 5) is 18.6. The number of nitrogens with one attached hydrogen (secondary N) is 3. The third-order valence-electron chi connectivity index (χ3n) is 5.87. The van der Waals surface area contributed by atoms with Gasteiger partial charge in [-0.1, -0.05) is 0 Å². The van der Waals surface area contributed by atoms with Gasteiger partial charge in [0, 0.05) is 61.6 Å². The Kier molecular flexibility index (Phi) is 6.18. The summed E-state index contributed by atoms with van der Waals surface area (Å²) in [6.45, 7) is 5.46. The van der Waals surface area contributed by atoms with Crippen molar-refractivity contribution in [3.8, 4) is 5.75 Å². The minimum absolute atomic E-state index is 0. The number of methoxy groups -OCH3 is 1. The first-order chi connectivity index (χ1) is 15.5. The van der Waals surface area contributed by atoms with Crippen LogP contribution in [0, 0.1) is 12.7 Å². The van der Waals surface area contributed by atoms with E-state index in [-0.39, 0.29) is 29.8 Å². The maximum Gasteiger partial charge on any atom is 0.258 e. The Morgan fingerprint density at radius 2 is 2.00 bits per heavy atom. The van der Waals surface area contributed by atoms with Gasteiger partial charge in [-0.2, -0.15) is 5.10 Å². The van der Waals surface area contributed by atoms with Crippen LogP contribution in [0.3, 0.4) is 0 Å². The van der Waals surface area contributed by atoms with Gasteiger partial charge in [0.05, 0.1) is 23.9 Å². The number of aromatic nitrogens is 3.